The van der Waals surface area contributed by atoms with Crippen molar-refractivity contribution >= 4 is 5.78 Å². The molecule has 164 valence electrons. The summed E-state index contributed by atoms with van der Waals surface area (Å²) in [7, 11) is 1.49. The Morgan fingerprint density at radius 3 is 2.38 bits per heavy atom. The first-order valence-corrected chi connectivity index (χ1v) is 10.1. The van der Waals surface area contributed by atoms with E-state index in [9.17, 15) is 20.0 Å². The summed E-state index contributed by atoms with van der Waals surface area (Å²) < 4.78 is 12.1. The molecule has 2 aromatic carbocycles. The number of hydrogen-bond acceptors (Lipinski definition) is 6. The van der Waals surface area contributed by atoms with E-state index in [1.807, 2.05) is 36.4 Å². The number of para-hydroxylation sites is 2. The summed E-state index contributed by atoms with van der Waals surface area (Å²) in [6, 6.07) is 18.2. The fourth-order valence-electron chi connectivity index (χ4n) is 3.50. The lowest BCUT2D eigenvalue weighted by molar-refractivity contribution is 0.0808. The molecule has 0 amide bonds. The molecule has 1 N–H and O–H groups in total. The molecule has 1 unspecified atom stereocenters. The standard InChI is InChI=1S/C25H24N2O5/c1-16-19(15-26)24(29)27(14-13-18-9-5-4-6-10-18)25(30)22(16)23(28)17(2)32-21-12-8-7-11-20(21)31-3/h4-12,17,30H,13-14H2,1-3H3. The van der Waals surface area contributed by atoms with Crippen LogP contribution in [0.5, 0.6) is 17.4 Å². The van der Waals surface area contributed by atoms with Crippen molar-refractivity contribution in [2.24, 2.45) is 0 Å². The van der Waals surface area contributed by atoms with Gasteiger partial charge < -0.3 is 14.6 Å². The van der Waals surface area contributed by atoms with E-state index in [4.69, 9.17) is 9.47 Å². The van der Waals surface area contributed by atoms with Gasteiger partial charge in [-0.2, -0.15) is 5.26 Å². The summed E-state index contributed by atoms with van der Waals surface area (Å²) in [6.45, 7) is 3.13. The summed E-state index contributed by atoms with van der Waals surface area (Å²) in [5, 5.41) is 20.4. The van der Waals surface area contributed by atoms with E-state index in [2.05, 4.69) is 0 Å². The van der Waals surface area contributed by atoms with Crippen LogP contribution >= 0.6 is 0 Å². The quantitative estimate of drug-likeness (QED) is 0.546. The molecule has 32 heavy (non-hydrogen) atoms. The minimum atomic E-state index is -0.998. The van der Waals surface area contributed by atoms with Gasteiger partial charge >= 0.3 is 0 Å². The fourth-order valence-corrected chi connectivity index (χ4v) is 3.50. The van der Waals surface area contributed by atoms with Crippen molar-refractivity contribution in [1.29, 1.82) is 5.26 Å². The zero-order valence-corrected chi connectivity index (χ0v) is 18.2. The number of hydrogen-bond donors (Lipinski definition) is 1. The van der Waals surface area contributed by atoms with Gasteiger partial charge in [0.2, 0.25) is 11.7 Å². The van der Waals surface area contributed by atoms with Gasteiger partial charge in [0.25, 0.3) is 5.56 Å². The van der Waals surface area contributed by atoms with Crippen LogP contribution in [0.25, 0.3) is 0 Å². The van der Waals surface area contributed by atoms with Crippen LogP contribution in [0.4, 0.5) is 0 Å². The first kappa shape index (κ1) is 22.6. The Morgan fingerprint density at radius 1 is 1.12 bits per heavy atom. The van der Waals surface area contributed by atoms with E-state index < -0.39 is 23.3 Å². The molecule has 1 atom stereocenters. The van der Waals surface area contributed by atoms with Crippen molar-refractivity contribution in [2.75, 3.05) is 7.11 Å². The largest absolute Gasteiger partial charge is 0.494 e. The molecular weight excluding hydrogens is 408 g/mol. The first-order chi connectivity index (χ1) is 15.4. The smallest absolute Gasteiger partial charge is 0.271 e. The van der Waals surface area contributed by atoms with E-state index in [0.717, 1.165) is 10.1 Å². The van der Waals surface area contributed by atoms with Crippen LogP contribution in [0.15, 0.2) is 59.4 Å². The summed E-state index contributed by atoms with van der Waals surface area (Å²) in [5.41, 5.74) is 0.179. The summed E-state index contributed by atoms with van der Waals surface area (Å²) in [4.78, 5) is 26.0. The molecule has 3 aromatic rings. The van der Waals surface area contributed by atoms with Crippen molar-refractivity contribution < 1.29 is 19.4 Å². The highest BCUT2D eigenvalue weighted by molar-refractivity contribution is 6.03. The van der Waals surface area contributed by atoms with E-state index in [1.165, 1.54) is 14.0 Å². The van der Waals surface area contributed by atoms with Crippen LogP contribution in [0, 0.1) is 18.3 Å². The summed E-state index contributed by atoms with van der Waals surface area (Å²) >= 11 is 0. The Balaban J connectivity index is 1.98. The Morgan fingerprint density at radius 2 is 1.75 bits per heavy atom. The van der Waals surface area contributed by atoms with E-state index in [1.54, 1.807) is 31.2 Å². The number of aryl methyl sites for hydroxylation is 1. The average molecular weight is 432 g/mol. The molecular formula is C25H24N2O5. The zero-order valence-electron chi connectivity index (χ0n) is 18.2. The Kier molecular flexibility index (Phi) is 6.96. The van der Waals surface area contributed by atoms with Gasteiger partial charge in [-0.1, -0.05) is 42.5 Å². The number of Topliss-reactive ketones (excluding diaryl/α,β-unsaturated/α-hetero) is 1. The second-order valence-corrected chi connectivity index (χ2v) is 7.28. The molecule has 0 fully saturated rings. The summed E-state index contributed by atoms with van der Waals surface area (Å²) in [5.74, 6) is -0.191. The molecule has 0 aliphatic rings. The third kappa shape index (κ3) is 4.49. The minimum Gasteiger partial charge on any atom is -0.494 e. The molecule has 7 nitrogen and oxygen atoms in total. The molecule has 1 heterocycles. The predicted molar refractivity (Wildman–Crippen MR) is 119 cm³/mol. The highest BCUT2D eigenvalue weighted by Gasteiger charge is 2.28. The zero-order chi connectivity index (χ0) is 23.3. The summed E-state index contributed by atoms with van der Waals surface area (Å²) in [6.07, 6.45) is -0.550. The van der Waals surface area contributed by atoms with Crippen molar-refractivity contribution in [1.82, 2.24) is 4.57 Å². The average Bonchev–Trinajstić information content (AvgIpc) is 2.80. The highest BCUT2D eigenvalue weighted by Crippen LogP contribution is 2.29. The van der Waals surface area contributed by atoms with E-state index in [-0.39, 0.29) is 23.2 Å². The number of nitrogens with zero attached hydrogens (tertiary/aromatic N) is 2. The van der Waals surface area contributed by atoms with Crippen LogP contribution in [0.2, 0.25) is 0 Å². The molecule has 0 saturated carbocycles. The van der Waals surface area contributed by atoms with Gasteiger partial charge in [0, 0.05) is 6.54 Å². The van der Waals surface area contributed by atoms with Gasteiger partial charge in [0.15, 0.2) is 17.6 Å². The molecule has 0 radical (unpaired) electrons. The maximum Gasteiger partial charge on any atom is 0.271 e. The monoisotopic (exact) mass is 432 g/mol. The molecule has 1 aromatic heterocycles. The van der Waals surface area contributed by atoms with Crippen LogP contribution in [0.1, 0.15) is 34.0 Å². The van der Waals surface area contributed by atoms with Crippen LogP contribution in [0.3, 0.4) is 0 Å². The molecule has 0 saturated heterocycles. The Hall–Kier alpha value is -4.05. The van der Waals surface area contributed by atoms with Crippen LogP contribution in [-0.2, 0) is 13.0 Å². The van der Waals surface area contributed by atoms with E-state index in [0.29, 0.717) is 17.9 Å². The minimum absolute atomic E-state index is 0.100. The van der Waals surface area contributed by atoms with Gasteiger partial charge in [-0.3, -0.25) is 14.2 Å². The topological polar surface area (TPSA) is 102 Å². The van der Waals surface area contributed by atoms with Gasteiger partial charge in [-0.25, -0.2) is 0 Å². The number of carbonyl (C=O) groups is 1. The SMILES string of the molecule is COc1ccccc1OC(C)C(=O)c1c(C)c(C#N)c(=O)n(CCc2ccccc2)c1O. The third-order valence-corrected chi connectivity index (χ3v) is 5.26. The van der Waals surface area contributed by atoms with Gasteiger partial charge in [-0.15, -0.1) is 0 Å². The number of methoxy groups -OCH3 is 1. The number of nitriles is 1. The molecule has 0 aliphatic heterocycles. The molecule has 7 heteroatoms. The number of pyridine rings is 1. The van der Waals surface area contributed by atoms with Crippen molar-refractivity contribution in [3.05, 3.63) is 87.2 Å². The maximum absolute atomic E-state index is 13.2. The predicted octanol–water partition coefficient (Wildman–Crippen LogP) is 3.64. The molecule has 0 spiro atoms. The molecule has 0 bridgehead atoms. The molecule has 0 aliphatic carbocycles. The lowest BCUT2D eigenvalue weighted by atomic mass is 9.99. The second-order valence-electron chi connectivity index (χ2n) is 7.28. The fraction of sp³-hybridized carbons (Fsp3) is 0.240. The maximum atomic E-state index is 13.2. The van der Waals surface area contributed by atoms with Crippen LogP contribution < -0.4 is 15.0 Å². The van der Waals surface area contributed by atoms with Gasteiger partial charge in [-0.05, 0) is 43.5 Å². The lowest BCUT2D eigenvalue weighted by Gasteiger charge is -2.19. The number of aromatic nitrogens is 1. The van der Waals surface area contributed by atoms with Gasteiger partial charge in [0.1, 0.15) is 11.6 Å². The second kappa shape index (κ2) is 9.84. The Bertz CT molecular complexity index is 1230. The normalized spacial score (nSPS) is 11.4. The van der Waals surface area contributed by atoms with Crippen LogP contribution in [-0.4, -0.2) is 28.7 Å². The number of rotatable bonds is 8. The highest BCUT2D eigenvalue weighted by atomic mass is 16.5. The number of benzene rings is 2. The first-order valence-electron chi connectivity index (χ1n) is 10.1. The number of carbonyl (C=O) groups excluding carboxylic acids is 1. The number of ether oxygens (including phenoxy) is 2. The van der Waals surface area contributed by atoms with Crippen molar-refractivity contribution in [3.63, 3.8) is 0 Å². The number of ketones is 1. The van der Waals surface area contributed by atoms with E-state index >= 15 is 0 Å². The van der Waals surface area contributed by atoms with Crippen molar-refractivity contribution in [2.45, 2.75) is 32.9 Å². The van der Waals surface area contributed by atoms with Gasteiger partial charge in [0.05, 0.1) is 12.7 Å². The lowest BCUT2D eigenvalue weighted by Crippen LogP contribution is -2.31. The van der Waals surface area contributed by atoms with Crippen molar-refractivity contribution in [3.8, 4) is 23.4 Å². The molecule has 3 rings (SSSR count). The third-order valence-electron chi connectivity index (χ3n) is 5.26. The number of aromatic hydroxyl groups is 1. The Labute approximate surface area is 186 Å².